The first kappa shape index (κ1) is 16.6. The molecule has 1 rings (SSSR count). The number of likely N-dealkylation sites (N-methyl/N-ethyl adjacent to an activating group) is 1. The Morgan fingerprint density at radius 1 is 1.35 bits per heavy atom. The van der Waals surface area contributed by atoms with Crippen molar-refractivity contribution in [3.05, 3.63) is 35.4 Å². The standard InChI is InChI=1S/C15H22N2O2S/c1-11(2)19-9-8-17(3)14(18)10-12-4-6-13(7-5-12)15(16)20/h4-7,11H,8-10H2,1-3H3,(H2,16,20). The zero-order valence-electron chi connectivity index (χ0n) is 12.3. The van der Waals surface area contributed by atoms with Gasteiger partial charge < -0.3 is 15.4 Å². The Hall–Kier alpha value is -1.46. The number of benzene rings is 1. The van der Waals surface area contributed by atoms with Gasteiger partial charge in [0, 0.05) is 19.2 Å². The van der Waals surface area contributed by atoms with Crippen LogP contribution in [0.15, 0.2) is 24.3 Å². The van der Waals surface area contributed by atoms with E-state index >= 15 is 0 Å². The van der Waals surface area contributed by atoms with Crippen LogP contribution in [0, 0.1) is 0 Å². The van der Waals surface area contributed by atoms with Crippen molar-refractivity contribution in [1.82, 2.24) is 4.90 Å². The molecule has 0 aliphatic rings. The first-order valence-corrected chi connectivity index (χ1v) is 7.05. The predicted octanol–water partition coefficient (Wildman–Crippen LogP) is 1.75. The van der Waals surface area contributed by atoms with E-state index in [-0.39, 0.29) is 12.0 Å². The molecule has 0 saturated carbocycles. The molecule has 20 heavy (non-hydrogen) atoms. The van der Waals surface area contributed by atoms with Crippen LogP contribution in [0.3, 0.4) is 0 Å². The third kappa shape index (κ3) is 5.67. The summed E-state index contributed by atoms with van der Waals surface area (Å²) in [6.45, 7) is 5.11. The van der Waals surface area contributed by atoms with E-state index < -0.39 is 0 Å². The number of rotatable bonds is 7. The first-order valence-electron chi connectivity index (χ1n) is 6.64. The van der Waals surface area contributed by atoms with Crippen molar-refractivity contribution in [2.24, 2.45) is 5.73 Å². The second-order valence-electron chi connectivity index (χ2n) is 4.97. The molecule has 0 heterocycles. The Bertz CT molecular complexity index is 457. The van der Waals surface area contributed by atoms with Crippen LogP contribution < -0.4 is 5.73 Å². The van der Waals surface area contributed by atoms with Crippen molar-refractivity contribution in [3.8, 4) is 0 Å². The van der Waals surface area contributed by atoms with Crippen LogP contribution in [-0.2, 0) is 16.0 Å². The van der Waals surface area contributed by atoms with E-state index in [2.05, 4.69) is 0 Å². The topological polar surface area (TPSA) is 55.6 Å². The molecule has 0 spiro atoms. The van der Waals surface area contributed by atoms with Gasteiger partial charge in [-0.3, -0.25) is 4.79 Å². The van der Waals surface area contributed by atoms with Crippen LogP contribution in [0.25, 0.3) is 0 Å². The maximum atomic E-state index is 12.0. The number of nitrogens with zero attached hydrogens (tertiary/aromatic N) is 1. The molecule has 1 aromatic carbocycles. The average molecular weight is 294 g/mol. The van der Waals surface area contributed by atoms with Crippen molar-refractivity contribution in [3.63, 3.8) is 0 Å². The molecule has 0 fully saturated rings. The van der Waals surface area contributed by atoms with Crippen LogP contribution in [0.1, 0.15) is 25.0 Å². The van der Waals surface area contributed by atoms with E-state index in [1.54, 1.807) is 11.9 Å². The van der Waals surface area contributed by atoms with Crippen LogP contribution in [-0.4, -0.2) is 42.1 Å². The fourth-order valence-corrected chi connectivity index (χ4v) is 1.78. The molecule has 5 heteroatoms. The van der Waals surface area contributed by atoms with E-state index in [1.165, 1.54) is 0 Å². The van der Waals surface area contributed by atoms with Gasteiger partial charge >= 0.3 is 0 Å². The summed E-state index contributed by atoms with van der Waals surface area (Å²) >= 11 is 4.89. The zero-order chi connectivity index (χ0) is 15.1. The largest absolute Gasteiger partial charge is 0.389 e. The highest BCUT2D eigenvalue weighted by Gasteiger charge is 2.10. The molecule has 0 unspecified atom stereocenters. The lowest BCUT2D eigenvalue weighted by Gasteiger charge is -2.18. The van der Waals surface area contributed by atoms with Gasteiger partial charge in [0.25, 0.3) is 0 Å². The Balaban J connectivity index is 2.46. The molecule has 1 aromatic rings. The average Bonchev–Trinajstić information content (AvgIpc) is 2.38. The molecule has 0 aliphatic carbocycles. The predicted molar refractivity (Wildman–Crippen MR) is 84.8 cm³/mol. The fourth-order valence-electron chi connectivity index (χ4n) is 1.65. The van der Waals surface area contributed by atoms with E-state index in [9.17, 15) is 4.79 Å². The second-order valence-corrected chi connectivity index (χ2v) is 5.41. The number of carbonyl (C=O) groups is 1. The van der Waals surface area contributed by atoms with Crippen molar-refractivity contribution in [2.75, 3.05) is 20.2 Å². The minimum Gasteiger partial charge on any atom is -0.389 e. The number of carbonyl (C=O) groups excluding carboxylic acids is 1. The first-order chi connectivity index (χ1) is 9.40. The lowest BCUT2D eigenvalue weighted by Crippen LogP contribution is -2.32. The van der Waals surface area contributed by atoms with Gasteiger partial charge in [0.15, 0.2) is 0 Å². The number of hydrogen-bond acceptors (Lipinski definition) is 3. The summed E-state index contributed by atoms with van der Waals surface area (Å²) in [6, 6.07) is 7.44. The van der Waals surface area contributed by atoms with Crippen LogP contribution in [0.4, 0.5) is 0 Å². The van der Waals surface area contributed by atoms with Crippen LogP contribution in [0.2, 0.25) is 0 Å². The highest BCUT2D eigenvalue weighted by molar-refractivity contribution is 7.80. The molecule has 0 atom stereocenters. The molecule has 0 saturated heterocycles. The molecule has 0 aliphatic heterocycles. The molecular weight excluding hydrogens is 272 g/mol. The van der Waals surface area contributed by atoms with Crippen molar-refractivity contribution in [2.45, 2.75) is 26.4 Å². The van der Waals surface area contributed by atoms with E-state index in [0.717, 1.165) is 11.1 Å². The zero-order valence-corrected chi connectivity index (χ0v) is 13.1. The lowest BCUT2D eigenvalue weighted by molar-refractivity contribution is -0.130. The molecule has 0 radical (unpaired) electrons. The molecule has 0 bridgehead atoms. The van der Waals surface area contributed by atoms with Crippen LogP contribution >= 0.6 is 12.2 Å². The molecule has 2 N–H and O–H groups in total. The number of hydrogen-bond donors (Lipinski definition) is 1. The number of ether oxygens (including phenoxy) is 1. The second kappa shape index (κ2) is 7.97. The van der Waals surface area contributed by atoms with Gasteiger partial charge in [0.1, 0.15) is 4.99 Å². The van der Waals surface area contributed by atoms with Gasteiger partial charge in [-0.15, -0.1) is 0 Å². The Morgan fingerprint density at radius 2 is 1.95 bits per heavy atom. The van der Waals surface area contributed by atoms with Gasteiger partial charge in [0.05, 0.1) is 19.1 Å². The number of amides is 1. The monoisotopic (exact) mass is 294 g/mol. The summed E-state index contributed by atoms with van der Waals surface area (Å²) in [4.78, 5) is 14.1. The van der Waals surface area contributed by atoms with Gasteiger partial charge in [0.2, 0.25) is 5.91 Å². The van der Waals surface area contributed by atoms with Gasteiger partial charge in [-0.1, -0.05) is 36.5 Å². The van der Waals surface area contributed by atoms with E-state index in [0.29, 0.717) is 24.6 Å². The Labute approximate surface area is 125 Å². The van der Waals surface area contributed by atoms with Gasteiger partial charge in [-0.25, -0.2) is 0 Å². The SMILES string of the molecule is CC(C)OCCN(C)C(=O)Cc1ccc(C(N)=S)cc1. The molecule has 4 nitrogen and oxygen atoms in total. The number of thiocarbonyl (C=S) groups is 1. The highest BCUT2D eigenvalue weighted by Crippen LogP contribution is 2.06. The maximum Gasteiger partial charge on any atom is 0.226 e. The van der Waals surface area contributed by atoms with E-state index in [1.807, 2.05) is 38.1 Å². The van der Waals surface area contributed by atoms with Crippen LogP contribution in [0.5, 0.6) is 0 Å². The Kier molecular flexibility index (Phi) is 6.61. The molecule has 110 valence electrons. The van der Waals surface area contributed by atoms with Crippen molar-refractivity contribution < 1.29 is 9.53 Å². The third-order valence-corrected chi connectivity index (χ3v) is 3.13. The summed E-state index contributed by atoms with van der Waals surface area (Å²) in [5.74, 6) is 0.0698. The normalized spacial score (nSPS) is 10.6. The quantitative estimate of drug-likeness (QED) is 0.778. The van der Waals surface area contributed by atoms with Gasteiger partial charge in [-0.2, -0.15) is 0 Å². The summed E-state index contributed by atoms with van der Waals surface area (Å²) in [5.41, 5.74) is 7.30. The summed E-state index contributed by atoms with van der Waals surface area (Å²) in [6.07, 6.45) is 0.557. The maximum absolute atomic E-state index is 12.0. The lowest BCUT2D eigenvalue weighted by atomic mass is 10.1. The van der Waals surface area contributed by atoms with Crippen molar-refractivity contribution >= 4 is 23.1 Å². The molecule has 1 amide bonds. The fraction of sp³-hybridized carbons (Fsp3) is 0.467. The van der Waals surface area contributed by atoms with E-state index in [4.69, 9.17) is 22.7 Å². The third-order valence-electron chi connectivity index (χ3n) is 2.90. The Morgan fingerprint density at radius 3 is 2.45 bits per heavy atom. The highest BCUT2D eigenvalue weighted by atomic mass is 32.1. The summed E-state index contributed by atoms with van der Waals surface area (Å²) < 4.78 is 5.43. The molecule has 0 aromatic heterocycles. The summed E-state index contributed by atoms with van der Waals surface area (Å²) in [5, 5.41) is 0. The smallest absolute Gasteiger partial charge is 0.226 e. The minimum atomic E-state index is 0.0698. The minimum absolute atomic E-state index is 0.0698. The summed E-state index contributed by atoms with van der Waals surface area (Å²) in [7, 11) is 1.79. The number of nitrogens with two attached hydrogens (primary N) is 1. The van der Waals surface area contributed by atoms with Gasteiger partial charge in [-0.05, 0) is 19.4 Å². The van der Waals surface area contributed by atoms with Crippen molar-refractivity contribution in [1.29, 1.82) is 0 Å². The molecular formula is C15H22N2O2S.